The summed E-state index contributed by atoms with van der Waals surface area (Å²) < 4.78 is 4.69. The fourth-order valence-corrected chi connectivity index (χ4v) is 0.848. The topological polar surface area (TPSA) is 84.6 Å². The molecule has 0 aromatic heterocycles. The summed E-state index contributed by atoms with van der Waals surface area (Å²) in [6.07, 6.45) is -0.373. The number of nitrogens with two attached hydrogens (primary N) is 1. The van der Waals surface area contributed by atoms with Crippen molar-refractivity contribution < 1.29 is 14.6 Å². The van der Waals surface area contributed by atoms with Gasteiger partial charge in [-0.3, -0.25) is 4.79 Å². The van der Waals surface area contributed by atoms with Crippen molar-refractivity contribution in [2.45, 2.75) is 25.5 Å². The minimum Gasteiger partial charge on any atom is -0.389 e. The Morgan fingerprint density at radius 3 is 2.77 bits per heavy atom. The van der Waals surface area contributed by atoms with Gasteiger partial charge in [0.1, 0.15) is 0 Å². The van der Waals surface area contributed by atoms with E-state index in [9.17, 15) is 4.79 Å². The largest absolute Gasteiger partial charge is 0.389 e. The van der Waals surface area contributed by atoms with Gasteiger partial charge < -0.3 is 20.9 Å². The van der Waals surface area contributed by atoms with Crippen LogP contribution in [0.4, 0.5) is 0 Å². The molecular formula is C8H18N2O3. The van der Waals surface area contributed by atoms with Crippen LogP contribution in [0.25, 0.3) is 0 Å². The molecule has 78 valence electrons. The van der Waals surface area contributed by atoms with Gasteiger partial charge >= 0.3 is 0 Å². The van der Waals surface area contributed by atoms with E-state index in [-0.39, 0.29) is 31.5 Å². The summed E-state index contributed by atoms with van der Waals surface area (Å²) in [6.45, 7) is 2.18. The smallest absolute Gasteiger partial charge is 0.221 e. The van der Waals surface area contributed by atoms with E-state index in [0.29, 0.717) is 0 Å². The van der Waals surface area contributed by atoms with Gasteiger partial charge in [0, 0.05) is 26.1 Å². The predicted molar refractivity (Wildman–Crippen MR) is 49.2 cm³/mol. The van der Waals surface area contributed by atoms with Crippen LogP contribution in [-0.2, 0) is 9.53 Å². The van der Waals surface area contributed by atoms with Crippen molar-refractivity contribution >= 4 is 5.91 Å². The van der Waals surface area contributed by atoms with E-state index in [2.05, 4.69) is 5.32 Å². The molecule has 4 N–H and O–H groups in total. The number of nitrogens with one attached hydrogen (secondary N) is 1. The molecule has 0 heterocycles. The van der Waals surface area contributed by atoms with Gasteiger partial charge in [0.25, 0.3) is 0 Å². The van der Waals surface area contributed by atoms with E-state index in [1.54, 1.807) is 6.92 Å². The van der Waals surface area contributed by atoms with Crippen molar-refractivity contribution in [2.75, 3.05) is 20.3 Å². The predicted octanol–water partition coefficient (Wildman–Crippen LogP) is -1.15. The van der Waals surface area contributed by atoms with Crippen LogP contribution in [0.15, 0.2) is 0 Å². The summed E-state index contributed by atoms with van der Waals surface area (Å²) in [7, 11) is 1.49. The van der Waals surface area contributed by atoms with Crippen molar-refractivity contribution in [3.63, 3.8) is 0 Å². The first-order valence-corrected chi connectivity index (χ1v) is 4.25. The third-order valence-corrected chi connectivity index (χ3v) is 1.40. The Morgan fingerprint density at radius 2 is 2.31 bits per heavy atom. The number of hydrogen-bond acceptors (Lipinski definition) is 4. The van der Waals surface area contributed by atoms with Crippen molar-refractivity contribution in [1.29, 1.82) is 0 Å². The Kier molecular flexibility index (Phi) is 6.48. The zero-order valence-electron chi connectivity index (χ0n) is 8.12. The minimum absolute atomic E-state index is 0.148. The Labute approximate surface area is 78.3 Å². The lowest BCUT2D eigenvalue weighted by Gasteiger charge is -2.11. The molecule has 0 fully saturated rings. The molecule has 0 rings (SSSR count). The van der Waals surface area contributed by atoms with Crippen molar-refractivity contribution in [3.8, 4) is 0 Å². The molecule has 0 aliphatic heterocycles. The quantitative estimate of drug-likeness (QED) is 0.493. The first-order chi connectivity index (χ1) is 6.06. The fraction of sp³-hybridized carbons (Fsp3) is 0.875. The lowest BCUT2D eigenvalue weighted by molar-refractivity contribution is -0.121. The normalized spacial score (nSPS) is 15.1. The zero-order chi connectivity index (χ0) is 10.3. The summed E-state index contributed by atoms with van der Waals surface area (Å²) >= 11 is 0. The van der Waals surface area contributed by atoms with Gasteiger partial charge in [-0.15, -0.1) is 0 Å². The van der Waals surface area contributed by atoms with Crippen molar-refractivity contribution in [2.24, 2.45) is 5.73 Å². The zero-order valence-corrected chi connectivity index (χ0v) is 8.12. The molecule has 0 aliphatic carbocycles. The molecule has 0 saturated carbocycles. The standard InChI is InChI=1S/C8H18N2O3/c1-6(9)3-8(12)10-4-7(11)5-13-2/h6-7,11H,3-5,9H2,1-2H3,(H,10,12). The van der Waals surface area contributed by atoms with Crippen LogP contribution in [0.5, 0.6) is 0 Å². The summed E-state index contributed by atoms with van der Waals surface area (Å²) in [5.41, 5.74) is 5.41. The van der Waals surface area contributed by atoms with Crippen LogP contribution >= 0.6 is 0 Å². The molecule has 0 saturated heterocycles. The first kappa shape index (κ1) is 12.3. The third-order valence-electron chi connectivity index (χ3n) is 1.40. The highest BCUT2D eigenvalue weighted by Gasteiger charge is 2.07. The fourth-order valence-electron chi connectivity index (χ4n) is 0.848. The second-order valence-electron chi connectivity index (χ2n) is 3.09. The van der Waals surface area contributed by atoms with E-state index in [0.717, 1.165) is 0 Å². The molecule has 1 amide bonds. The Morgan fingerprint density at radius 1 is 1.69 bits per heavy atom. The highest BCUT2D eigenvalue weighted by Crippen LogP contribution is 1.87. The van der Waals surface area contributed by atoms with Crippen LogP contribution in [0.1, 0.15) is 13.3 Å². The number of ether oxygens (including phenoxy) is 1. The van der Waals surface area contributed by atoms with Crippen LogP contribution < -0.4 is 11.1 Å². The monoisotopic (exact) mass is 190 g/mol. The molecule has 0 radical (unpaired) electrons. The summed E-state index contributed by atoms with van der Waals surface area (Å²) in [6, 6.07) is -0.153. The van der Waals surface area contributed by atoms with E-state index >= 15 is 0 Å². The lowest BCUT2D eigenvalue weighted by Crippen LogP contribution is -2.36. The molecule has 2 unspecified atom stereocenters. The van der Waals surface area contributed by atoms with Crippen molar-refractivity contribution in [3.05, 3.63) is 0 Å². The molecule has 5 heteroatoms. The molecule has 0 aromatic carbocycles. The van der Waals surface area contributed by atoms with Gasteiger partial charge in [-0.25, -0.2) is 0 Å². The molecule has 0 aliphatic rings. The first-order valence-electron chi connectivity index (χ1n) is 4.25. The Bertz CT molecular complexity index is 150. The molecular weight excluding hydrogens is 172 g/mol. The van der Waals surface area contributed by atoms with Gasteiger partial charge in [-0.05, 0) is 6.92 Å². The van der Waals surface area contributed by atoms with Gasteiger partial charge in [0.15, 0.2) is 0 Å². The molecule has 0 spiro atoms. The maximum Gasteiger partial charge on any atom is 0.221 e. The number of aliphatic hydroxyl groups excluding tert-OH is 1. The van der Waals surface area contributed by atoms with E-state index in [1.807, 2.05) is 0 Å². The molecule has 5 nitrogen and oxygen atoms in total. The number of rotatable bonds is 6. The number of hydrogen-bond donors (Lipinski definition) is 3. The summed E-state index contributed by atoms with van der Waals surface area (Å²) in [4.78, 5) is 11.0. The van der Waals surface area contributed by atoms with Crippen LogP contribution in [0.3, 0.4) is 0 Å². The Hall–Kier alpha value is -0.650. The maximum absolute atomic E-state index is 11.0. The number of amides is 1. The van der Waals surface area contributed by atoms with Crippen LogP contribution in [0.2, 0.25) is 0 Å². The van der Waals surface area contributed by atoms with Crippen molar-refractivity contribution in [1.82, 2.24) is 5.32 Å². The van der Waals surface area contributed by atoms with Crippen LogP contribution in [0, 0.1) is 0 Å². The molecule has 0 bridgehead atoms. The number of aliphatic hydroxyl groups is 1. The minimum atomic E-state index is -0.651. The maximum atomic E-state index is 11.0. The Balaban J connectivity index is 3.46. The van der Waals surface area contributed by atoms with Gasteiger partial charge in [0.05, 0.1) is 12.7 Å². The SMILES string of the molecule is COCC(O)CNC(=O)CC(C)N. The van der Waals surface area contributed by atoms with Crippen LogP contribution in [-0.4, -0.2) is 43.4 Å². The average Bonchev–Trinajstić information content (AvgIpc) is 2.00. The lowest BCUT2D eigenvalue weighted by atomic mass is 10.2. The van der Waals surface area contributed by atoms with Gasteiger partial charge in [-0.2, -0.15) is 0 Å². The summed E-state index contributed by atoms with van der Waals surface area (Å²) in [5.74, 6) is -0.148. The van der Waals surface area contributed by atoms with E-state index in [1.165, 1.54) is 7.11 Å². The second kappa shape index (κ2) is 6.82. The molecule has 13 heavy (non-hydrogen) atoms. The van der Waals surface area contributed by atoms with Gasteiger partial charge in [-0.1, -0.05) is 0 Å². The molecule has 2 atom stereocenters. The van der Waals surface area contributed by atoms with E-state index < -0.39 is 6.10 Å². The number of methoxy groups -OCH3 is 1. The highest BCUT2D eigenvalue weighted by molar-refractivity contribution is 5.76. The summed E-state index contributed by atoms with van der Waals surface area (Å²) in [5, 5.41) is 11.7. The average molecular weight is 190 g/mol. The number of carbonyl (C=O) groups is 1. The van der Waals surface area contributed by atoms with E-state index in [4.69, 9.17) is 15.6 Å². The number of carbonyl (C=O) groups excluding carboxylic acids is 1. The van der Waals surface area contributed by atoms with Gasteiger partial charge in [0.2, 0.25) is 5.91 Å². The third kappa shape index (κ3) is 7.70. The molecule has 0 aromatic rings. The highest BCUT2D eigenvalue weighted by atomic mass is 16.5. The second-order valence-corrected chi connectivity index (χ2v) is 3.09.